The second kappa shape index (κ2) is 20.0. The zero-order valence-electron chi connectivity index (χ0n) is 31.9. The summed E-state index contributed by atoms with van der Waals surface area (Å²) in [6, 6.07) is 0. The largest absolute Gasteiger partial charge is 0.756 e. The maximum atomic E-state index is 13.4. The normalized spacial score (nSPS) is 17.7. The Morgan fingerprint density at radius 1 is 0.301 bits per heavy atom. The summed E-state index contributed by atoms with van der Waals surface area (Å²) in [7, 11) is -13.3. The first-order valence-electron chi connectivity index (χ1n) is 15.0. The third kappa shape index (κ3) is 11.2. The van der Waals surface area contributed by atoms with Crippen molar-refractivity contribution in [3.63, 3.8) is 0 Å². The first-order valence-corrected chi connectivity index (χ1v) is 18.0. The van der Waals surface area contributed by atoms with Gasteiger partial charge in [0.25, 0.3) is 15.6 Å². The smallest absolute Gasteiger partial charge is 0.385 e. The summed E-state index contributed by atoms with van der Waals surface area (Å²) in [5.41, 5.74) is 0. The highest BCUT2D eigenvalue weighted by Gasteiger charge is 2.99. The first kappa shape index (κ1) is 74.6. The van der Waals surface area contributed by atoms with Crippen molar-refractivity contribution in [1.82, 2.24) is 6.15 Å². The summed E-state index contributed by atoms with van der Waals surface area (Å²) < 4.78 is 548. The maximum Gasteiger partial charge on any atom is 0.385 e. The van der Waals surface area contributed by atoms with E-state index >= 15 is 0 Å². The summed E-state index contributed by atoms with van der Waals surface area (Å²) in [6.45, 7) is -7.69. The molecule has 0 aromatic rings. The zero-order chi connectivity index (χ0) is 60.0. The number of quaternary nitrogens is 1. The van der Waals surface area contributed by atoms with Crippen LogP contribution in [0.2, 0.25) is 0 Å². The topological polar surface area (TPSA) is 176 Å². The van der Waals surface area contributed by atoms with Gasteiger partial charge in [0.15, 0.2) is 0 Å². The van der Waals surface area contributed by atoms with Crippen LogP contribution in [0.3, 0.4) is 0 Å². The van der Waals surface area contributed by atoms with Gasteiger partial charge in [-0.25, -0.2) is 17.6 Å². The maximum absolute atomic E-state index is 13.4. The average molecular weight is 1240 g/mol. The quantitative estimate of drug-likeness (QED) is 0.0632. The van der Waals surface area contributed by atoms with E-state index in [-0.39, 0.29) is 6.15 Å². The van der Waals surface area contributed by atoms with Crippen molar-refractivity contribution in [3.05, 3.63) is 0 Å². The molecule has 0 rings (SSSR count). The number of hydrogen-bond acceptors (Lipinski definition) is 6. The van der Waals surface area contributed by atoms with Crippen LogP contribution in [-0.4, -0.2) is 142 Å². The second-order valence-corrected chi connectivity index (χ2v) is 15.2. The molecule has 0 bridgehead atoms. The molecule has 0 saturated heterocycles. The number of halogens is 40. The van der Waals surface area contributed by atoms with E-state index in [1.54, 1.807) is 0 Å². The van der Waals surface area contributed by atoms with Gasteiger partial charge in [0, 0.05) is 0 Å². The molecule has 9 nitrogen and oxygen atoms in total. The Morgan fingerprint density at radius 3 is 0.548 bits per heavy atom. The van der Waals surface area contributed by atoms with Crippen LogP contribution in [0.5, 0.6) is 0 Å². The number of rotatable bonds is 24. The van der Waals surface area contributed by atoms with Crippen molar-refractivity contribution >= 4 is 15.6 Å². The first-order chi connectivity index (χ1) is 30.3. The minimum absolute atomic E-state index is 0. The SMILES string of the molecule is O=P([O-])(O)OCC(F)(F)C(F)(F)C(F)(F)C(F)(F)C(F)(F)C(F)(F)C(F)(F)C(F)(F)C(F)(F)C(F)F.O=P([O-])(O)OCC(F)(F)C(F)(F)C(F)(F)C(F)(F)C(F)(F)C(F)(F)C(F)(F)C(F)(F)C(F)(F)C(F)F.[NH4+]. The molecule has 0 radical (unpaired) electrons. The molecular weight excluding hydrogens is 1230 g/mol. The molecule has 0 amide bonds. The van der Waals surface area contributed by atoms with Crippen LogP contribution in [0.25, 0.3) is 0 Å². The molecule has 0 aliphatic rings. The lowest BCUT2D eigenvalue weighted by atomic mass is 9.86. The van der Waals surface area contributed by atoms with Crippen molar-refractivity contribution in [2.75, 3.05) is 13.2 Å². The van der Waals surface area contributed by atoms with E-state index in [0.717, 1.165) is 0 Å². The summed E-state index contributed by atoms with van der Waals surface area (Å²) >= 11 is 0. The van der Waals surface area contributed by atoms with Gasteiger partial charge in [0.2, 0.25) is 0 Å². The Morgan fingerprint density at radius 2 is 0.425 bits per heavy atom. The summed E-state index contributed by atoms with van der Waals surface area (Å²) in [6.07, 6.45) is -12.3. The van der Waals surface area contributed by atoms with E-state index in [2.05, 4.69) is 9.05 Å². The van der Waals surface area contributed by atoms with E-state index in [9.17, 15) is 195 Å². The van der Waals surface area contributed by atoms with E-state index in [1.807, 2.05) is 0 Å². The fourth-order valence-electron chi connectivity index (χ4n) is 3.63. The highest BCUT2D eigenvalue weighted by Crippen LogP contribution is 2.68. The van der Waals surface area contributed by atoms with Gasteiger partial charge >= 0.3 is 119 Å². The lowest BCUT2D eigenvalue weighted by Gasteiger charge is -2.44. The number of hydrogen-bond donors (Lipinski definition) is 3. The minimum Gasteiger partial charge on any atom is -0.756 e. The highest BCUT2D eigenvalue weighted by atomic mass is 31.2. The number of phosphoric acid groups is 2. The van der Waals surface area contributed by atoms with E-state index < -0.39 is 148 Å². The Labute approximate surface area is 369 Å². The van der Waals surface area contributed by atoms with Crippen molar-refractivity contribution in [1.29, 1.82) is 0 Å². The molecule has 0 spiro atoms. The van der Waals surface area contributed by atoms with Crippen molar-refractivity contribution in [2.24, 2.45) is 0 Å². The summed E-state index contributed by atoms with van der Waals surface area (Å²) in [4.78, 5) is 35.9. The Balaban J connectivity index is -0.00000132. The number of phosphoric ester groups is 2. The van der Waals surface area contributed by atoms with Crippen LogP contribution in [-0.2, 0) is 18.2 Å². The average Bonchev–Trinajstić information content (AvgIpc) is 3.14. The van der Waals surface area contributed by atoms with Gasteiger partial charge < -0.3 is 34.8 Å². The molecule has 0 aromatic carbocycles. The molecule has 0 fully saturated rings. The lowest BCUT2D eigenvalue weighted by molar-refractivity contribution is -0.465. The zero-order valence-corrected chi connectivity index (χ0v) is 33.7. The summed E-state index contributed by atoms with van der Waals surface area (Å²) in [5, 5.41) is 0. The van der Waals surface area contributed by atoms with Crippen LogP contribution in [0.4, 0.5) is 176 Å². The molecule has 2 atom stereocenters. The molecule has 0 aliphatic heterocycles. The van der Waals surface area contributed by atoms with Crippen LogP contribution < -0.4 is 15.9 Å². The van der Waals surface area contributed by atoms with E-state index in [1.165, 1.54) is 0 Å². The van der Waals surface area contributed by atoms with Gasteiger partial charge in [-0.2, -0.15) is 158 Å². The van der Waals surface area contributed by atoms with Crippen LogP contribution in [0.1, 0.15) is 0 Å². The molecule has 51 heteroatoms. The van der Waals surface area contributed by atoms with Gasteiger partial charge in [-0.05, 0) is 0 Å². The molecule has 0 heterocycles. The van der Waals surface area contributed by atoms with Crippen molar-refractivity contribution in [3.8, 4) is 0 Å². The van der Waals surface area contributed by atoms with Gasteiger partial charge in [-0.1, -0.05) is 0 Å². The molecule has 2 unspecified atom stereocenters. The van der Waals surface area contributed by atoms with Gasteiger partial charge in [0.05, 0.1) is 0 Å². The standard InChI is InChI=1S/2C11H5F20O4P.H3N/c2*12-2(13)4(16,17)6(20,21)8(24,25)10(28,29)11(30,31)9(26,27)7(22,23)5(18,19)3(14,15)1-35-36(32,33)34;/h2*2H,1H2,(H2,32,33,34);1H3/p-1. The van der Waals surface area contributed by atoms with Crippen LogP contribution >= 0.6 is 15.6 Å². The molecule has 0 aromatic heterocycles. The molecule has 444 valence electrons. The van der Waals surface area contributed by atoms with Crippen molar-refractivity contribution < 1.29 is 213 Å². The third-order valence-electron chi connectivity index (χ3n) is 7.85. The lowest BCUT2D eigenvalue weighted by Crippen LogP contribution is -2.76. The molecule has 6 N–H and O–H groups in total. The Bertz CT molecular complexity index is 1840. The monoisotopic (exact) mass is 1240 g/mol. The third-order valence-corrected chi connectivity index (χ3v) is 8.76. The van der Waals surface area contributed by atoms with Crippen LogP contribution in [0.15, 0.2) is 0 Å². The fraction of sp³-hybridized carbons (Fsp3) is 1.00. The summed E-state index contributed by atoms with van der Waals surface area (Å²) in [5.74, 6) is -154. The fourth-order valence-corrected chi connectivity index (χ4v) is 4.28. The molecule has 0 saturated carbocycles. The minimum atomic E-state index is -9.17. The van der Waals surface area contributed by atoms with Crippen molar-refractivity contribution in [2.45, 2.75) is 119 Å². The van der Waals surface area contributed by atoms with Gasteiger partial charge in [-0.3, -0.25) is 9.13 Å². The Hall–Kier alpha value is -2.62. The predicted molar refractivity (Wildman–Crippen MR) is 139 cm³/mol. The Kier molecular flexibility index (Phi) is 20.4. The molecule has 73 heavy (non-hydrogen) atoms. The number of alkyl halides is 40. The second-order valence-electron chi connectivity index (χ2n) is 12.8. The predicted octanol–water partition coefficient (Wildman–Crippen LogP) is 11.3. The molecular formula is C22H12F40NO8P2-. The highest BCUT2D eigenvalue weighted by molar-refractivity contribution is 7.45. The van der Waals surface area contributed by atoms with E-state index in [4.69, 9.17) is 9.79 Å². The van der Waals surface area contributed by atoms with Crippen LogP contribution in [0, 0.1) is 0 Å². The van der Waals surface area contributed by atoms with Gasteiger partial charge in [-0.15, -0.1) is 0 Å². The van der Waals surface area contributed by atoms with E-state index in [0.29, 0.717) is 0 Å². The molecule has 0 aliphatic carbocycles. The van der Waals surface area contributed by atoms with Gasteiger partial charge in [0.1, 0.15) is 13.2 Å².